The molecule has 0 spiro atoms. The van der Waals surface area contributed by atoms with E-state index in [1.807, 2.05) is 0 Å². The molecule has 0 radical (unpaired) electrons. The van der Waals surface area contributed by atoms with Crippen molar-refractivity contribution >= 4 is 10.8 Å². The summed E-state index contributed by atoms with van der Waals surface area (Å²) in [6.07, 6.45) is 7.53. The zero-order chi connectivity index (χ0) is 18.0. The fraction of sp³-hybridized carbons (Fsp3) is 0.565. The maximum absolute atomic E-state index is 11.7. The Morgan fingerprint density at radius 3 is 2.46 bits per heavy atom. The summed E-state index contributed by atoms with van der Waals surface area (Å²) in [7, 11) is 0. The Balaban J connectivity index is 1.70. The topological polar surface area (TPSA) is 49.5 Å². The molecule has 1 unspecified atom stereocenters. The number of nitrogens with zero attached hydrogens (tertiary/aromatic N) is 1. The van der Waals surface area contributed by atoms with Crippen LogP contribution in [0.3, 0.4) is 0 Å². The molecule has 2 aromatic carbocycles. The van der Waals surface area contributed by atoms with E-state index in [4.69, 9.17) is 5.73 Å². The van der Waals surface area contributed by atoms with Crippen LogP contribution in [0.4, 0.5) is 0 Å². The van der Waals surface area contributed by atoms with Crippen molar-refractivity contribution in [2.45, 2.75) is 62.5 Å². The van der Waals surface area contributed by atoms with Crippen molar-refractivity contribution in [2.24, 2.45) is 5.73 Å². The first-order valence-electron chi connectivity index (χ1n) is 10.3. The molecule has 1 aliphatic heterocycles. The van der Waals surface area contributed by atoms with E-state index in [1.165, 1.54) is 22.8 Å². The van der Waals surface area contributed by atoms with Gasteiger partial charge in [0.1, 0.15) is 0 Å². The Hall–Kier alpha value is -1.42. The van der Waals surface area contributed by atoms with Gasteiger partial charge in [-0.2, -0.15) is 0 Å². The second-order valence-electron chi connectivity index (χ2n) is 8.42. The van der Waals surface area contributed by atoms with Gasteiger partial charge in [0, 0.05) is 18.5 Å². The number of likely N-dealkylation sites (tertiary alicyclic amines) is 1. The van der Waals surface area contributed by atoms with Gasteiger partial charge in [0.2, 0.25) is 0 Å². The number of nitrogens with two attached hydrogens (primary N) is 1. The van der Waals surface area contributed by atoms with Gasteiger partial charge >= 0.3 is 0 Å². The molecule has 0 aromatic heterocycles. The molecule has 2 fully saturated rings. The van der Waals surface area contributed by atoms with Crippen LogP contribution in [0.2, 0.25) is 0 Å². The Kier molecular flexibility index (Phi) is 5.30. The summed E-state index contributed by atoms with van der Waals surface area (Å²) in [4.78, 5) is 2.53. The highest BCUT2D eigenvalue weighted by Gasteiger charge is 2.40. The fourth-order valence-corrected chi connectivity index (χ4v) is 5.02. The third-order valence-electron chi connectivity index (χ3n) is 6.64. The van der Waals surface area contributed by atoms with Crippen LogP contribution in [0.5, 0.6) is 0 Å². The monoisotopic (exact) mass is 352 g/mol. The van der Waals surface area contributed by atoms with Gasteiger partial charge in [-0.15, -0.1) is 0 Å². The van der Waals surface area contributed by atoms with E-state index in [1.54, 1.807) is 0 Å². The lowest BCUT2D eigenvalue weighted by Crippen LogP contribution is -2.47. The number of hydrogen-bond acceptors (Lipinski definition) is 3. The molecule has 3 nitrogen and oxygen atoms in total. The predicted molar refractivity (Wildman–Crippen MR) is 108 cm³/mol. The van der Waals surface area contributed by atoms with Gasteiger partial charge in [-0.25, -0.2) is 0 Å². The molecular weight excluding hydrogens is 320 g/mol. The first-order chi connectivity index (χ1) is 12.7. The van der Waals surface area contributed by atoms with E-state index >= 15 is 0 Å². The SMILES string of the molecule is NC1CCN(CC(c2cccc3ccccc23)C2(O)CCCCC2)CC1. The van der Waals surface area contributed by atoms with E-state index in [-0.39, 0.29) is 5.92 Å². The van der Waals surface area contributed by atoms with Crippen molar-refractivity contribution < 1.29 is 5.11 Å². The number of hydrogen-bond donors (Lipinski definition) is 2. The third kappa shape index (κ3) is 3.66. The van der Waals surface area contributed by atoms with Crippen LogP contribution in [0, 0.1) is 0 Å². The second kappa shape index (κ2) is 7.67. The quantitative estimate of drug-likeness (QED) is 0.873. The highest BCUT2D eigenvalue weighted by atomic mass is 16.3. The molecule has 1 saturated heterocycles. The van der Waals surface area contributed by atoms with Crippen molar-refractivity contribution in [3.8, 4) is 0 Å². The summed E-state index contributed by atoms with van der Waals surface area (Å²) < 4.78 is 0. The summed E-state index contributed by atoms with van der Waals surface area (Å²) in [6.45, 7) is 3.05. The van der Waals surface area contributed by atoms with E-state index < -0.39 is 5.60 Å². The van der Waals surface area contributed by atoms with Crippen molar-refractivity contribution in [2.75, 3.05) is 19.6 Å². The fourth-order valence-electron chi connectivity index (χ4n) is 5.02. The Morgan fingerprint density at radius 2 is 1.69 bits per heavy atom. The van der Waals surface area contributed by atoms with Gasteiger partial charge in [0.15, 0.2) is 0 Å². The number of rotatable bonds is 4. The molecular formula is C23H32N2O. The Morgan fingerprint density at radius 1 is 1.00 bits per heavy atom. The average Bonchev–Trinajstić information content (AvgIpc) is 2.68. The summed E-state index contributed by atoms with van der Waals surface area (Å²) in [5.74, 6) is 0.170. The van der Waals surface area contributed by atoms with Crippen LogP contribution in [0.15, 0.2) is 42.5 Å². The first kappa shape index (κ1) is 18.0. The van der Waals surface area contributed by atoms with Gasteiger partial charge in [-0.05, 0) is 55.1 Å². The molecule has 0 bridgehead atoms. The van der Waals surface area contributed by atoms with Crippen molar-refractivity contribution in [1.29, 1.82) is 0 Å². The van der Waals surface area contributed by atoms with Crippen molar-refractivity contribution in [3.63, 3.8) is 0 Å². The summed E-state index contributed by atoms with van der Waals surface area (Å²) in [5.41, 5.74) is 6.85. The summed E-state index contributed by atoms with van der Waals surface area (Å²) in [5, 5.41) is 14.2. The minimum absolute atomic E-state index is 0.170. The van der Waals surface area contributed by atoms with E-state index in [2.05, 4.69) is 47.4 Å². The molecule has 26 heavy (non-hydrogen) atoms. The first-order valence-corrected chi connectivity index (χ1v) is 10.3. The standard InChI is InChI=1S/C23H32N2O/c24-19-11-15-25(16-12-19)17-22(23(26)13-4-1-5-14-23)21-10-6-8-18-7-2-3-9-20(18)21/h2-3,6-10,19,22,26H,1,4-5,11-17,24H2. The van der Waals surface area contributed by atoms with Crippen LogP contribution < -0.4 is 5.73 Å². The zero-order valence-corrected chi connectivity index (χ0v) is 15.7. The lowest BCUT2D eigenvalue weighted by molar-refractivity contribution is -0.0320. The lowest BCUT2D eigenvalue weighted by Gasteiger charge is -2.43. The minimum Gasteiger partial charge on any atom is -0.389 e. The molecule has 3 heteroatoms. The van der Waals surface area contributed by atoms with E-state index in [0.717, 1.165) is 58.2 Å². The van der Waals surface area contributed by atoms with Gasteiger partial charge < -0.3 is 15.7 Å². The number of aliphatic hydroxyl groups is 1. The zero-order valence-electron chi connectivity index (χ0n) is 15.7. The van der Waals surface area contributed by atoms with E-state index in [0.29, 0.717) is 6.04 Å². The molecule has 1 aliphatic carbocycles. The highest BCUT2D eigenvalue weighted by Crippen LogP contribution is 2.42. The molecule has 4 rings (SSSR count). The van der Waals surface area contributed by atoms with Gasteiger partial charge in [0.05, 0.1) is 5.60 Å². The molecule has 1 saturated carbocycles. The molecule has 2 aliphatic rings. The van der Waals surface area contributed by atoms with Crippen LogP contribution in [0.1, 0.15) is 56.4 Å². The Bertz CT molecular complexity index is 725. The van der Waals surface area contributed by atoms with Gasteiger partial charge in [-0.1, -0.05) is 61.7 Å². The van der Waals surface area contributed by atoms with Crippen LogP contribution in [-0.2, 0) is 0 Å². The van der Waals surface area contributed by atoms with Crippen LogP contribution in [-0.4, -0.2) is 41.3 Å². The van der Waals surface area contributed by atoms with Gasteiger partial charge in [0.25, 0.3) is 0 Å². The molecule has 140 valence electrons. The lowest BCUT2D eigenvalue weighted by atomic mass is 9.71. The third-order valence-corrected chi connectivity index (χ3v) is 6.64. The minimum atomic E-state index is -0.581. The number of fused-ring (bicyclic) bond motifs is 1. The Labute approximate surface area is 157 Å². The number of benzene rings is 2. The molecule has 0 amide bonds. The summed E-state index contributed by atoms with van der Waals surface area (Å²) in [6, 6.07) is 15.5. The number of piperidine rings is 1. The van der Waals surface area contributed by atoms with Crippen molar-refractivity contribution in [3.05, 3.63) is 48.0 Å². The summed E-state index contributed by atoms with van der Waals surface area (Å²) >= 11 is 0. The maximum Gasteiger partial charge on any atom is 0.0728 e. The molecule has 1 atom stereocenters. The van der Waals surface area contributed by atoms with Crippen molar-refractivity contribution in [1.82, 2.24) is 4.90 Å². The average molecular weight is 353 g/mol. The highest BCUT2D eigenvalue weighted by molar-refractivity contribution is 5.86. The molecule has 1 heterocycles. The normalized spacial score (nSPS) is 23.2. The van der Waals surface area contributed by atoms with Crippen LogP contribution in [0.25, 0.3) is 10.8 Å². The second-order valence-corrected chi connectivity index (χ2v) is 8.42. The predicted octanol–water partition coefficient (Wildman–Crippen LogP) is 4.04. The van der Waals surface area contributed by atoms with E-state index in [9.17, 15) is 5.11 Å². The smallest absolute Gasteiger partial charge is 0.0728 e. The van der Waals surface area contributed by atoms with Crippen LogP contribution >= 0.6 is 0 Å². The molecule has 2 aromatic rings. The maximum atomic E-state index is 11.7. The van der Waals surface area contributed by atoms with Gasteiger partial charge in [-0.3, -0.25) is 0 Å². The molecule has 3 N–H and O–H groups in total. The largest absolute Gasteiger partial charge is 0.389 e.